The van der Waals surface area contributed by atoms with Gasteiger partial charge in [0.15, 0.2) is 0 Å². The lowest BCUT2D eigenvalue weighted by Crippen LogP contribution is -2.59. The quantitative estimate of drug-likeness (QED) is 0.164. The zero-order valence-electron chi connectivity index (χ0n) is 17.7. The number of amides is 4. The van der Waals surface area contributed by atoms with Crippen molar-refractivity contribution in [2.45, 2.75) is 64.7 Å². The van der Waals surface area contributed by atoms with Crippen LogP contribution in [0, 0.1) is 11.8 Å². The van der Waals surface area contributed by atoms with E-state index in [4.69, 9.17) is 16.6 Å². The van der Waals surface area contributed by atoms with Crippen LogP contribution in [-0.2, 0) is 24.0 Å². The molecule has 0 aromatic carbocycles. The molecule has 0 rings (SSSR count). The van der Waals surface area contributed by atoms with E-state index < -0.39 is 66.1 Å². The summed E-state index contributed by atoms with van der Waals surface area (Å²) in [6.07, 6.45) is -0.295. The number of rotatable bonds is 13. The van der Waals surface area contributed by atoms with Crippen molar-refractivity contribution in [2.75, 3.05) is 5.75 Å². The van der Waals surface area contributed by atoms with Gasteiger partial charge in [-0.15, -0.1) is 0 Å². The fraction of sp³-hybridized carbons (Fsp3) is 0.722. The number of aliphatic carboxylic acids is 1. The summed E-state index contributed by atoms with van der Waals surface area (Å²) in [6, 6.07) is -4.46. The van der Waals surface area contributed by atoms with E-state index in [1.807, 2.05) is 13.8 Å². The number of carboxylic acid groups (broad SMARTS) is 1. The number of hydrogen-bond donors (Lipinski definition) is 7. The van der Waals surface area contributed by atoms with Crippen molar-refractivity contribution in [1.82, 2.24) is 16.0 Å². The average molecular weight is 448 g/mol. The number of hydrogen-bond acceptors (Lipinski definition) is 7. The SMILES string of the molecule is CC(C)CC(NC(=O)C(N)CS)C(=O)NC(C(=O)NC(CC(N)=O)C(=O)O)C(C)C. The number of carbonyl (C=O) groups excluding carboxylic acids is 4. The van der Waals surface area contributed by atoms with E-state index in [0.29, 0.717) is 6.42 Å². The summed E-state index contributed by atoms with van der Waals surface area (Å²) in [5, 5.41) is 16.5. The third kappa shape index (κ3) is 9.92. The van der Waals surface area contributed by atoms with Gasteiger partial charge in [-0.05, 0) is 18.3 Å². The molecule has 0 saturated heterocycles. The summed E-state index contributed by atoms with van der Waals surface area (Å²) in [4.78, 5) is 59.7. The molecule has 0 aromatic rings. The molecule has 0 bridgehead atoms. The normalized spacial score (nSPS) is 15.1. The predicted octanol–water partition coefficient (Wildman–Crippen LogP) is -1.64. The molecule has 8 N–H and O–H groups in total. The number of carboxylic acids is 1. The Kier molecular flexibility index (Phi) is 12.0. The van der Waals surface area contributed by atoms with Gasteiger partial charge < -0.3 is 32.5 Å². The summed E-state index contributed by atoms with van der Waals surface area (Å²) in [5.74, 6) is -4.54. The second-order valence-electron chi connectivity index (χ2n) is 7.78. The average Bonchev–Trinajstić information content (AvgIpc) is 2.62. The van der Waals surface area contributed by atoms with E-state index in [1.165, 1.54) is 0 Å². The number of nitrogens with two attached hydrogens (primary N) is 2. The molecule has 0 aliphatic carbocycles. The number of primary amides is 1. The highest BCUT2D eigenvalue weighted by Crippen LogP contribution is 2.09. The predicted molar refractivity (Wildman–Crippen MR) is 113 cm³/mol. The maximum atomic E-state index is 12.8. The Labute approximate surface area is 181 Å². The van der Waals surface area contributed by atoms with Gasteiger partial charge in [0.2, 0.25) is 23.6 Å². The maximum absolute atomic E-state index is 12.8. The number of nitrogens with one attached hydrogen (secondary N) is 3. The second-order valence-corrected chi connectivity index (χ2v) is 8.15. The van der Waals surface area contributed by atoms with E-state index >= 15 is 0 Å². The van der Waals surface area contributed by atoms with Gasteiger partial charge in [0.1, 0.15) is 18.1 Å². The highest BCUT2D eigenvalue weighted by atomic mass is 32.1. The summed E-state index contributed by atoms with van der Waals surface area (Å²) in [5.41, 5.74) is 10.7. The Morgan fingerprint density at radius 3 is 1.83 bits per heavy atom. The first-order valence-corrected chi connectivity index (χ1v) is 10.2. The third-order valence-electron chi connectivity index (χ3n) is 4.14. The van der Waals surface area contributed by atoms with E-state index in [0.717, 1.165) is 0 Å². The van der Waals surface area contributed by atoms with Gasteiger partial charge >= 0.3 is 5.97 Å². The van der Waals surface area contributed by atoms with Crippen LogP contribution in [0.15, 0.2) is 0 Å². The summed E-state index contributed by atoms with van der Waals surface area (Å²) >= 11 is 3.96. The molecule has 30 heavy (non-hydrogen) atoms. The van der Waals surface area contributed by atoms with Gasteiger partial charge in [-0.1, -0.05) is 27.7 Å². The van der Waals surface area contributed by atoms with Crippen molar-refractivity contribution < 1.29 is 29.1 Å². The smallest absolute Gasteiger partial charge is 0.326 e. The highest BCUT2D eigenvalue weighted by Gasteiger charge is 2.32. The molecule has 4 unspecified atom stereocenters. The molecule has 12 heteroatoms. The van der Waals surface area contributed by atoms with Gasteiger partial charge in [0.25, 0.3) is 0 Å². The zero-order valence-corrected chi connectivity index (χ0v) is 18.6. The van der Waals surface area contributed by atoms with Crippen LogP contribution in [0.4, 0.5) is 0 Å². The van der Waals surface area contributed by atoms with Crippen LogP contribution >= 0.6 is 12.6 Å². The van der Waals surface area contributed by atoms with Crippen molar-refractivity contribution >= 4 is 42.2 Å². The second kappa shape index (κ2) is 13.1. The third-order valence-corrected chi connectivity index (χ3v) is 4.53. The Bertz CT molecular complexity index is 643. The molecule has 0 aliphatic rings. The first-order valence-electron chi connectivity index (χ1n) is 9.58. The molecule has 4 amide bonds. The Hall–Kier alpha value is -2.34. The minimum atomic E-state index is -1.52. The Balaban J connectivity index is 5.40. The van der Waals surface area contributed by atoms with Crippen LogP contribution in [-0.4, -0.2) is 64.6 Å². The van der Waals surface area contributed by atoms with Gasteiger partial charge in [-0.25, -0.2) is 4.79 Å². The Morgan fingerprint density at radius 2 is 1.43 bits per heavy atom. The van der Waals surface area contributed by atoms with E-state index in [9.17, 15) is 24.0 Å². The number of carbonyl (C=O) groups is 5. The fourth-order valence-electron chi connectivity index (χ4n) is 2.52. The number of thiol groups is 1. The van der Waals surface area contributed by atoms with Crippen molar-refractivity contribution in [3.63, 3.8) is 0 Å². The highest BCUT2D eigenvalue weighted by molar-refractivity contribution is 7.80. The van der Waals surface area contributed by atoms with Gasteiger partial charge in [-0.2, -0.15) is 12.6 Å². The minimum Gasteiger partial charge on any atom is -0.480 e. The van der Waals surface area contributed by atoms with Crippen molar-refractivity contribution in [2.24, 2.45) is 23.3 Å². The van der Waals surface area contributed by atoms with Crippen LogP contribution in [0.25, 0.3) is 0 Å². The van der Waals surface area contributed by atoms with Crippen LogP contribution in [0.1, 0.15) is 40.5 Å². The Morgan fingerprint density at radius 1 is 0.900 bits per heavy atom. The molecule has 0 spiro atoms. The molecule has 172 valence electrons. The lowest BCUT2D eigenvalue weighted by molar-refractivity contribution is -0.144. The lowest BCUT2D eigenvalue weighted by Gasteiger charge is -2.27. The maximum Gasteiger partial charge on any atom is 0.326 e. The minimum absolute atomic E-state index is 0.0477. The largest absolute Gasteiger partial charge is 0.480 e. The van der Waals surface area contributed by atoms with E-state index in [1.54, 1.807) is 13.8 Å². The molecular formula is C18H33N5O6S. The molecule has 11 nitrogen and oxygen atoms in total. The molecule has 0 aromatic heterocycles. The summed E-state index contributed by atoms with van der Waals surface area (Å²) < 4.78 is 0. The standard InChI is InChI=1S/C18H33N5O6S/c1-8(2)5-11(21-15(25)10(19)7-30)16(26)23-14(9(3)4)17(27)22-12(18(28)29)6-13(20)24/h8-12,14,30H,5-7,19H2,1-4H3,(H2,20,24)(H,21,25)(H,22,27)(H,23,26)(H,28,29). The van der Waals surface area contributed by atoms with Crippen molar-refractivity contribution in [3.8, 4) is 0 Å². The fourth-order valence-corrected chi connectivity index (χ4v) is 2.68. The first-order chi connectivity index (χ1) is 13.8. The van der Waals surface area contributed by atoms with Gasteiger partial charge in [0, 0.05) is 5.75 Å². The van der Waals surface area contributed by atoms with Gasteiger partial charge in [0.05, 0.1) is 12.5 Å². The molecule has 0 fully saturated rings. The molecule has 0 radical (unpaired) electrons. The van der Waals surface area contributed by atoms with Crippen LogP contribution in [0.5, 0.6) is 0 Å². The van der Waals surface area contributed by atoms with Crippen LogP contribution < -0.4 is 27.4 Å². The van der Waals surface area contributed by atoms with E-state index in [-0.39, 0.29) is 11.7 Å². The molecule has 0 heterocycles. The topological polar surface area (TPSA) is 194 Å². The molecule has 0 saturated carbocycles. The molecule has 4 atom stereocenters. The molecule has 0 aliphatic heterocycles. The van der Waals surface area contributed by atoms with Crippen LogP contribution in [0.3, 0.4) is 0 Å². The summed E-state index contributed by atoms with van der Waals surface area (Å²) in [6.45, 7) is 7.03. The van der Waals surface area contributed by atoms with Gasteiger partial charge in [-0.3, -0.25) is 19.2 Å². The van der Waals surface area contributed by atoms with Crippen molar-refractivity contribution in [1.29, 1.82) is 0 Å². The molecular weight excluding hydrogens is 414 g/mol. The zero-order chi connectivity index (χ0) is 23.6. The summed E-state index contributed by atoms with van der Waals surface area (Å²) in [7, 11) is 0. The monoisotopic (exact) mass is 447 g/mol. The first kappa shape index (κ1) is 27.7. The van der Waals surface area contributed by atoms with Crippen LogP contribution in [0.2, 0.25) is 0 Å². The van der Waals surface area contributed by atoms with E-state index in [2.05, 4.69) is 28.6 Å². The lowest BCUT2D eigenvalue weighted by atomic mass is 9.99. The van der Waals surface area contributed by atoms with Crippen molar-refractivity contribution in [3.05, 3.63) is 0 Å².